The summed E-state index contributed by atoms with van der Waals surface area (Å²) in [6.07, 6.45) is 0.967. The van der Waals surface area contributed by atoms with E-state index in [1.54, 1.807) is 31.2 Å². The minimum Gasteiger partial charge on any atom is -0.434 e. The van der Waals surface area contributed by atoms with E-state index in [4.69, 9.17) is 9.47 Å². The molecule has 0 radical (unpaired) electrons. The number of hydrogen-bond donors (Lipinski definition) is 3. The molecule has 0 atom stereocenters. The van der Waals surface area contributed by atoms with Crippen molar-refractivity contribution in [1.82, 2.24) is 10.6 Å². The lowest BCUT2D eigenvalue weighted by Gasteiger charge is -2.46. The summed E-state index contributed by atoms with van der Waals surface area (Å²) in [4.78, 5) is 23.6. The van der Waals surface area contributed by atoms with Crippen LogP contribution in [-0.4, -0.2) is 35.9 Å². The van der Waals surface area contributed by atoms with Gasteiger partial charge in [-0.05, 0) is 71.7 Å². The molecule has 2 amide bonds. The standard InChI is InChI=1S/C19H29N3O4/c1-6-25-17(24)26-15-9-7-13(8-10-15)20-16(23)21-14-11-18(2,3)22-19(4,5)12-14/h7-10,14,22H,6,11-12H2,1-5H3,(H2,20,21,23). The first-order valence-electron chi connectivity index (χ1n) is 8.90. The molecule has 2 rings (SSSR count). The van der Waals surface area contributed by atoms with Crippen LogP contribution in [-0.2, 0) is 4.74 Å². The number of urea groups is 1. The normalized spacial score (nSPS) is 18.7. The van der Waals surface area contributed by atoms with Crippen molar-refractivity contribution in [3.05, 3.63) is 24.3 Å². The summed E-state index contributed by atoms with van der Waals surface area (Å²) in [6, 6.07) is 6.39. The summed E-state index contributed by atoms with van der Waals surface area (Å²) in [6.45, 7) is 10.5. The Kier molecular flexibility index (Phi) is 6.13. The first-order valence-corrected chi connectivity index (χ1v) is 8.90. The largest absolute Gasteiger partial charge is 0.513 e. The average molecular weight is 363 g/mol. The molecule has 7 heteroatoms. The molecule has 0 bridgehead atoms. The zero-order valence-corrected chi connectivity index (χ0v) is 16.1. The maximum Gasteiger partial charge on any atom is 0.513 e. The molecule has 1 aliphatic rings. The van der Waals surface area contributed by atoms with Crippen molar-refractivity contribution in [2.24, 2.45) is 0 Å². The van der Waals surface area contributed by atoms with Crippen molar-refractivity contribution < 1.29 is 19.1 Å². The highest BCUT2D eigenvalue weighted by Crippen LogP contribution is 2.28. The van der Waals surface area contributed by atoms with Crippen LogP contribution in [0.25, 0.3) is 0 Å². The average Bonchev–Trinajstić information content (AvgIpc) is 2.46. The van der Waals surface area contributed by atoms with E-state index in [0.29, 0.717) is 11.4 Å². The molecule has 1 fully saturated rings. The van der Waals surface area contributed by atoms with E-state index in [1.807, 2.05) is 0 Å². The van der Waals surface area contributed by atoms with Gasteiger partial charge in [0.15, 0.2) is 0 Å². The highest BCUT2D eigenvalue weighted by Gasteiger charge is 2.38. The van der Waals surface area contributed by atoms with Crippen LogP contribution in [0.4, 0.5) is 15.3 Å². The van der Waals surface area contributed by atoms with Crippen molar-refractivity contribution in [2.45, 2.75) is 64.6 Å². The molecule has 26 heavy (non-hydrogen) atoms. The Hall–Kier alpha value is -2.28. The van der Waals surface area contributed by atoms with Crippen molar-refractivity contribution in [2.75, 3.05) is 11.9 Å². The molecular weight excluding hydrogens is 334 g/mol. The van der Waals surface area contributed by atoms with Crippen LogP contribution < -0.4 is 20.7 Å². The molecule has 1 aromatic rings. The molecule has 0 unspecified atom stereocenters. The molecule has 1 aliphatic heterocycles. The van der Waals surface area contributed by atoms with Crippen LogP contribution in [0.3, 0.4) is 0 Å². The summed E-state index contributed by atoms with van der Waals surface area (Å²) in [5.41, 5.74) is 0.545. The van der Waals surface area contributed by atoms with Gasteiger partial charge in [-0.1, -0.05) is 0 Å². The van der Waals surface area contributed by atoms with Gasteiger partial charge < -0.3 is 25.4 Å². The van der Waals surface area contributed by atoms with Gasteiger partial charge in [-0.2, -0.15) is 0 Å². The number of benzene rings is 1. The summed E-state index contributed by atoms with van der Waals surface area (Å²) in [5, 5.41) is 9.45. The molecule has 7 nitrogen and oxygen atoms in total. The number of anilines is 1. The van der Waals surface area contributed by atoms with Crippen molar-refractivity contribution >= 4 is 17.9 Å². The summed E-state index contributed by atoms with van der Waals surface area (Å²) >= 11 is 0. The lowest BCUT2D eigenvalue weighted by molar-refractivity contribution is 0.104. The minimum absolute atomic E-state index is 0.0359. The molecule has 3 N–H and O–H groups in total. The van der Waals surface area contributed by atoms with Crippen molar-refractivity contribution in [3.8, 4) is 5.75 Å². The molecule has 0 aromatic heterocycles. The molecule has 1 aromatic carbocycles. The van der Waals surface area contributed by atoms with E-state index in [2.05, 4.69) is 43.6 Å². The van der Waals surface area contributed by atoms with E-state index < -0.39 is 6.16 Å². The van der Waals surface area contributed by atoms with Gasteiger partial charge in [-0.15, -0.1) is 0 Å². The second-order valence-corrected chi connectivity index (χ2v) is 7.91. The van der Waals surface area contributed by atoms with Gasteiger partial charge in [0.1, 0.15) is 5.75 Å². The lowest BCUT2D eigenvalue weighted by atomic mass is 9.80. The number of piperidine rings is 1. The molecule has 1 saturated heterocycles. The Balaban J connectivity index is 1.88. The minimum atomic E-state index is -0.748. The number of rotatable bonds is 4. The Morgan fingerprint density at radius 2 is 1.69 bits per heavy atom. The first-order chi connectivity index (χ1) is 12.1. The van der Waals surface area contributed by atoms with Gasteiger partial charge >= 0.3 is 12.2 Å². The van der Waals surface area contributed by atoms with E-state index >= 15 is 0 Å². The predicted molar refractivity (Wildman–Crippen MR) is 101 cm³/mol. The molecule has 0 aliphatic carbocycles. The Morgan fingerprint density at radius 3 is 2.23 bits per heavy atom. The Labute approximate surface area is 154 Å². The number of carbonyl (C=O) groups is 2. The fraction of sp³-hybridized carbons (Fsp3) is 0.579. The molecule has 0 spiro atoms. The van der Waals surface area contributed by atoms with Gasteiger partial charge in [0.2, 0.25) is 0 Å². The number of ether oxygens (including phenoxy) is 2. The van der Waals surface area contributed by atoms with Crippen molar-refractivity contribution in [1.29, 1.82) is 0 Å². The zero-order chi connectivity index (χ0) is 19.4. The number of carbonyl (C=O) groups excluding carboxylic acids is 2. The van der Waals surface area contributed by atoms with Gasteiger partial charge in [-0.3, -0.25) is 0 Å². The zero-order valence-electron chi connectivity index (χ0n) is 16.1. The third kappa shape index (κ3) is 6.22. The van der Waals surface area contributed by atoms with E-state index in [-0.39, 0.29) is 29.8 Å². The predicted octanol–water partition coefficient (Wildman–Crippen LogP) is 3.65. The van der Waals surface area contributed by atoms with Crippen LogP contribution >= 0.6 is 0 Å². The Morgan fingerprint density at radius 1 is 1.12 bits per heavy atom. The first kappa shape index (κ1) is 20.0. The van der Waals surface area contributed by atoms with Gasteiger partial charge in [0, 0.05) is 22.8 Å². The van der Waals surface area contributed by atoms with E-state index in [1.165, 1.54) is 0 Å². The van der Waals surface area contributed by atoms with E-state index in [9.17, 15) is 9.59 Å². The van der Waals surface area contributed by atoms with Gasteiger partial charge in [0.05, 0.1) is 6.61 Å². The SMILES string of the molecule is CCOC(=O)Oc1ccc(NC(=O)NC2CC(C)(C)NC(C)(C)C2)cc1. The molecule has 0 saturated carbocycles. The van der Waals surface area contributed by atoms with Crippen LogP contribution in [0.2, 0.25) is 0 Å². The highest BCUT2D eigenvalue weighted by molar-refractivity contribution is 5.89. The third-order valence-electron chi connectivity index (χ3n) is 4.10. The van der Waals surface area contributed by atoms with E-state index in [0.717, 1.165) is 12.8 Å². The maximum absolute atomic E-state index is 12.3. The van der Waals surface area contributed by atoms with Gasteiger partial charge in [0.25, 0.3) is 0 Å². The summed E-state index contributed by atoms with van der Waals surface area (Å²) < 4.78 is 9.70. The van der Waals surface area contributed by atoms with Crippen LogP contribution in [0.1, 0.15) is 47.5 Å². The molecular formula is C19H29N3O4. The second-order valence-electron chi connectivity index (χ2n) is 7.91. The smallest absolute Gasteiger partial charge is 0.434 e. The number of nitrogens with one attached hydrogen (secondary N) is 3. The fourth-order valence-corrected chi connectivity index (χ4v) is 3.63. The highest BCUT2D eigenvalue weighted by atomic mass is 16.7. The summed E-state index contributed by atoms with van der Waals surface area (Å²) in [7, 11) is 0. The topological polar surface area (TPSA) is 88.7 Å². The second kappa shape index (κ2) is 7.95. The van der Waals surface area contributed by atoms with Crippen LogP contribution in [0.5, 0.6) is 5.75 Å². The third-order valence-corrected chi connectivity index (χ3v) is 4.10. The van der Waals surface area contributed by atoms with Crippen LogP contribution in [0.15, 0.2) is 24.3 Å². The quantitative estimate of drug-likeness (QED) is 0.561. The van der Waals surface area contributed by atoms with Crippen molar-refractivity contribution in [3.63, 3.8) is 0 Å². The van der Waals surface area contributed by atoms with Crippen LogP contribution in [0, 0.1) is 0 Å². The molecule has 144 valence electrons. The lowest BCUT2D eigenvalue weighted by Crippen LogP contribution is -2.62. The summed E-state index contributed by atoms with van der Waals surface area (Å²) in [5.74, 6) is 0.358. The van der Waals surface area contributed by atoms with Gasteiger partial charge in [-0.25, -0.2) is 9.59 Å². The maximum atomic E-state index is 12.3. The number of amides is 2. The monoisotopic (exact) mass is 363 g/mol. The Bertz CT molecular complexity index is 625. The number of hydrogen-bond acceptors (Lipinski definition) is 5. The fourth-order valence-electron chi connectivity index (χ4n) is 3.63. The molecule has 1 heterocycles.